The normalized spacial score (nSPS) is 20.1. The van der Waals surface area contributed by atoms with Crippen LogP contribution in [0.2, 0.25) is 0 Å². The highest BCUT2D eigenvalue weighted by Gasteiger charge is 2.21. The van der Waals surface area contributed by atoms with Crippen molar-refractivity contribution in [3.8, 4) is 6.07 Å². The van der Waals surface area contributed by atoms with Crippen LogP contribution in [0.15, 0.2) is 11.4 Å². The van der Waals surface area contributed by atoms with E-state index in [4.69, 9.17) is 5.26 Å². The van der Waals surface area contributed by atoms with Gasteiger partial charge in [0.15, 0.2) is 0 Å². The van der Waals surface area contributed by atoms with Gasteiger partial charge in [-0.3, -0.25) is 4.79 Å². The van der Waals surface area contributed by atoms with Crippen LogP contribution in [0.4, 0.5) is 5.00 Å². The van der Waals surface area contributed by atoms with Gasteiger partial charge in [-0.15, -0.1) is 11.3 Å². The maximum absolute atomic E-state index is 11.9. The molecule has 1 amide bonds. The van der Waals surface area contributed by atoms with E-state index in [0.717, 1.165) is 25.9 Å². The van der Waals surface area contributed by atoms with Crippen LogP contribution in [0.1, 0.15) is 18.4 Å². The van der Waals surface area contributed by atoms with E-state index in [1.807, 2.05) is 5.38 Å². The fourth-order valence-corrected chi connectivity index (χ4v) is 2.52. The number of thiophene rings is 1. The average Bonchev–Trinajstić information content (AvgIpc) is 2.77. The van der Waals surface area contributed by atoms with Crippen LogP contribution in [0.25, 0.3) is 0 Å². The molecule has 1 aliphatic rings. The Morgan fingerprint density at radius 2 is 2.56 bits per heavy atom. The van der Waals surface area contributed by atoms with Crippen molar-refractivity contribution in [1.29, 1.82) is 5.26 Å². The Balaban J connectivity index is 1.99. The predicted molar refractivity (Wildman–Crippen MR) is 63.3 cm³/mol. The summed E-state index contributed by atoms with van der Waals surface area (Å²) < 4.78 is 0. The number of rotatable bonds is 2. The topological polar surface area (TPSA) is 64.9 Å². The SMILES string of the molecule is N#Cc1ccsc1NC(=O)C1CCCNC1. The monoisotopic (exact) mass is 235 g/mol. The van der Waals surface area contributed by atoms with E-state index in [2.05, 4.69) is 16.7 Å². The zero-order chi connectivity index (χ0) is 11.4. The first-order chi connectivity index (χ1) is 7.81. The summed E-state index contributed by atoms with van der Waals surface area (Å²) in [7, 11) is 0. The lowest BCUT2D eigenvalue weighted by atomic mass is 9.99. The van der Waals surface area contributed by atoms with Crippen molar-refractivity contribution in [2.45, 2.75) is 12.8 Å². The fraction of sp³-hybridized carbons (Fsp3) is 0.455. The Morgan fingerprint density at radius 3 is 3.25 bits per heavy atom. The molecule has 1 fully saturated rings. The Bertz CT molecular complexity index is 415. The van der Waals surface area contributed by atoms with E-state index in [1.165, 1.54) is 11.3 Å². The first-order valence-electron chi connectivity index (χ1n) is 5.30. The Morgan fingerprint density at radius 1 is 1.69 bits per heavy atom. The first kappa shape index (κ1) is 11.1. The zero-order valence-corrected chi connectivity index (χ0v) is 9.64. The lowest BCUT2D eigenvalue weighted by Crippen LogP contribution is -2.37. The van der Waals surface area contributed by atoms with Gasteiger partial charge < -0.3 is 10.6 Å². The molecular weight excluding hydrogens is 222 g/mol. The largest absolute Gasteiger partial charge is 0.316 e. The summed E-state index contributed by atoms with van der Waals surface area (Å²) in [5.74, 6) is 0.0496. The van der Waals surface area contributed by atoms with Crippen LogP contribution in [0, 0.1) is 17.2 Å². The second-order valence-corrected chi connectivity index (χ2v) is 4.72. The van der Waals surface area contributed by atoms with E-state index in [9.17, 15) is 4.79 Å². The molecule has 84 valence electrons. The van der Waals surface area contributed by atoms with Crippen molar-refractivity contribution in [2.75, 3.05) is 18.4 Å². The number of nitriles is 1. The maximum atomic E-state index is 11.9. The van der Waals surface area contributed by atoms with Gasteiger partial charge in [0.05, 0.1) is 11.5 Å². The number of hydrogen-bond donors (Lipinski definition) is 2. The molecule has 1 aromatic heterocycles. The average molecular weight is 235 g/mol. The third-order valence-corrected chi connectivity index (χ3v) is 3.52. The van der Waals surface area contributed by atoms with E-state index in [0.29, 0.717) is 10.6 Å². The molecule has 2 rings (SSSR count). The third kappa shape index (κ3) is 2.40. The Hall–Kier alpha value is -1.38. The molecule has 16 heavy (non-hydrogen) atoms. The Kier molecular flexibility index (Phi) is 3.54. The van der Waals surface area contributed by atoms with Gasteiger partial charge in [0, 0.05) is 6.54 Å². The number of nitrogens with one attached hydrogen (secondary N) is 2. The number of amides is 1. The molecule has 1 saturated heterocycles. The van der Waals surface area contributed by atoms with Gasteiger partial charge in [0.2, 0.25) is 5.91 Å². The Labute approximate surface area is 98.3 Å². The number of nitrogens with zero attached hydrogens (tertiary/aromatic N) is 1. The van der Waals surface area contributed by atoms with Crippen LogP contribution in [0.3, 0.4) is 0 Å². The molecular formula is C11H13N3OS. The van der Waals surface area contributed by atoms with Crippen LogP contribution in [-0.4, -0.2) is 19.0 Å². The van der Waals surface area contributed by atoms with E-state index < -0.39 is 0 Å². The van der Waals surface area contributed by atoms with Crippen molar-refractivity contribution in [1.82, 2.24) is 5.32 Å². The summed E-state index contributed by atoms with van der Waals surface area (Å²) in [5.41, 5.74) is 0.544. The highest BCUT2D eigenvalue weighted by Crippen LogP contribution is 2.23. The molecule has 2 heterocycles. The van der Waals surface area contributed by atoms with Crippen LogP contribution < -0.4 is 10.6 Å². The number of anilines is 1. The van der Waals surface area contributed by atoms with Gasteiger partial charge >= 0.3 is 0 Å². The lowest BCUT2D eigenvalue weighted by molar-refractivity contribution is -0.120. The molecule has 4 nitrogen and oxygen atoms in total. The van der Waals surface area contributed by atoms with E-state index >= 15 is 0 Å². The van der Waals surface area contributed by atoms with Crippen molar-refractivity contribution in [2.24, 2.45) is 5.92 Å². The fourth-order valence-electron chi connectivity index (χ4n) is 1.78. The van der Waals surface area contributed by atoms with Gasteiger partial charge in [-0.1, -0.05) is 0 Å². The van der Waals surface area contributed by atoms with Crippen molar-refractivity contribution in [3.05, 3.63) is 17.0 Å². The molecule has 0 bridgehead atoms. The summed E-state index contributed by atoms with van der Waals surface area (Å²) in [6.45, 7) is 1.73. The summed E-state index contributed by atoms with van der Waals surface area (Å²) in [4.78, 5) is 11.9. The van der Waals surface area contributed by atoms with Gasteiger partial charge in [0.25, 0.3) is 0 Å². The van der Waals surface area contributed by atoms with E-state index in [1.54, 1.807) is 6.07 Å². The molecule has 5 heteroatoms. The minimum Gasteiger partial charge on any atom is -0.316 e. The first-order valence-corrected chi connectivity index (χ1v) is 6.18. The minimum absolute atomic E-state index is 0.0196. The van der Waals surface area contributed by atoms with Gasteiger partial charge in [0.1, 0.15) is 11.1 Å². The molecule has 0 aromatic carbocycles. The molecule has 2 N–H and O–H groups in total. The standard InChI is InChI=1S/C11H13N3OS/c12-6-8-3-5-16-11(8)14-10(15)9-2-1-4-13-7-9/h3,5,9,13H,1-2,4,7H2,(H,14,15). The van der Waals surface area contributed by atoms with Gasteiger partial charge in [-0.05, 0) is 30.8 Å². The number of hydrogen-bond acceptors (Lipinski definition) is 4. The summed E-state index contributed by atoms with van der Waals surface area (Å²) in [6.07, 6.45) is 1.96. The van der Waals surface area contributed by atoms with Gasteiger partial charge in [-0.2, -0.15) is 5.26 Å². The minimum atomic E-state index is 0.0196. The smallest absolute Gasteiger partial charge is 0.229 e. The quantitative estimate of drug-likeness (QED) is 0.817. The van der Waals surface area contributed by atoms with Crippen LogP contribution in [0.5, 0.6) is 0 Å². The summed E-state index contributed by atoms with van der Waals surface area (Å²) >= 11 is 1.39. The van der Waals surface area contributed by atoms with Crippen molar-refractivity contribution in [3.63, 3.8) is 0 Å². The molecule has 0 radical (unpaired) electrons. The lowest BCUT2D eigenvalue weighted by Gasteiger charge is -2.21. The zero-order valence-electron chi connectivity index (χ0n) is 8.82. The summed E-state index contributed by atoms with van der Waals surface area (Å²) in [6, 6.07) is 3.79. The molecule has 0 aliphatic carbocycles. The summed E-state index contributed by atoms with van der Waals surface area (Å²) in [5, 5.41) is 17.3. The van der Waals surface area contributed by atoms with Crippen LogP contribution >= 0.6 is 11.3 Å². The van der Waals surface area contributed by atoms with Crippen LogP contribution in [-0.2, 0) is 4.79 Å². The molecule has 1 aromatic rings. The molecule has 0 saturated carbocycles. The van der Waals surface area contributed by atoms with E-state index in [-0.39, 0.29) is 11.8 Å². The van der Waals surface area contributed by atoms with Gasteiger partial charge in [-0.25, -0.2) is 0 Å². The predicted octanol–water partition coefficient (Wildman–Crippen LogP) is 1.56. The highest BCUT2D eigenvalue weighted by molar-refractivity contribution is 7.14. The second kappa shape index (κ2) is 5.10. The number of carbonyl (C=O) groups excluding carboxylic acids is 1. The molecule has 1 aliphatic heterocycles. The molecule has 1 atom stereocenters. The van der Waals surface area contributed by atoms with Crippen molar-refractivity contribution >= 4 is 22.2 Å². The highest BCUT2D eigenvalue weighted by atomic mass is 32.1. The number of carbonyl (C=O) groups is 1. The van der Waals surface area contributed by atoms with Crippen molar-refractivity contribution < 1.29 is 4.79 Å². The molecule has 1 unspecified atom stereocenters. The molecule has 0 spiro atoms. The third-order valence-electron chi connectivity index (χ3n) is 2.69. The number of piperidine rings is 1. The second-order valence-electron chi connectivity index (χ2n) is 3.81. The maximum Gasteiger partial charge on any atom is 0.229 e.